The molecule has 0 bridgehead atoms. The van der Waals surface area contributed by atoms with Gasteiger partial charge in [-0.15, -0.1) is 11.3 Å². The van der Waals surface area contributed by atoms with Crippen molar-refractivity contribution >= 4 is 57.8 Å². The molecule has 5 heterocycles. The van der Waals surface area contributed by atoms with Gasteiger partial charge in [0.1, 0.15) is 53.2 Å². The minimum absolute atomic E-state index is 0.0634. The lowest BCUT2D eigenvalue weighted by molar-refractivity contribution is -0.141. The highest BCUT2D eigenvalue weighted by atomic mass is 32.1. The second-order valence-corrected chi connectivity index (χ2v) is 19.7. The van der Waals surface area contributed by atoms with E-state index in [1.807, 2.05) is 27.7 Å². The fraction of sp³-hybridized carbons (Fsp3) is 0.417. The van der Waals surface area contributed by atoms with Gasteiger partial charge in [0, 0.05) is 24.8 Å². The summed E-state index contributed by atoms with van der Waals surface area (Å²) >= 11 is 6.81. The van der Waals surface area contributed by atoms with E-state index in [1.54, 1.807) is 16.7 Å². The average Bonchev–Trinajstić information content (AvgIpc) is 4.11. The van der Waals surface area contributed by atoms with E-state index < -0.39 is 97.6 Å². The van der Waals surface area contributed by atoms with Crippen molar-refractivity contribution in [1.29, 1.82) is 5.26 Å². The molecule has 2 saturated heterocycles. The van der Waals surface area contributed by atoms with Gasteiger partial charge in [-0.1, -0.05) is 20.8 Å². The maximum Gasteiger partial charge on any atom is 0.420 e. The number of ether oxygens (including phenoxy) is 2. The number of rotatable bonds is 15. The third-order valence-corrected chi connectivity index (χ3v) is 13.3. The quantitative estimate of drug-likeness (QED) is 0.0600. The molecule has 2 aromatic carbocycles. The zero-order valence-electron chi connectivity index (χ0n) is 39.4. The number of aryl methyl sites for hydroxylation is 1. The number of hydrogen-bond donors (Lipinski definition) is 1. The number of hydrogen-bond acceptors (Lipinski definition) is 12. The summed E-state index contributed by atoms with van der Waals surface area (Å²) in [7, 11) is 0. The van der Waals surface area contributed by atoms with Crippen LogP contribution < -0.4 is 19.9 Å². The molecule has 7 rings (SSSR count). The first kappa shape index (κ1) is 53.2. The fourth-order valence-corrected chi connectivity index (χ4v) is 9.68. The Hall–Kier alpha value is -6.58. The van der Waals surface area contributed by atoms with Crippen molar-refractivity contribution in [3.8, 4) is 33.6 Å². The molecule has 2 unspecified atom stereocenters. The number of carbonyl (C=O) groups is 3. The number of anilines is 2. The normalized spacial score (nSPS) is 16.6. The Kier molecular flexibility index (Phi) is 15.2. The maximum atomic E-state index is 15.9. The number of amides is 3. The summed E-state index contributed by atoms with van der Waals surface area (Å²) in [5, 5.41) is 11.4. The van der Waals surface area contributed by atoms with Gasteiger partial charge in [-0.2, -0.15) is 31.6 Å². The number of halogens is 8. The van der Waals surface area contributed by atoms with Gasteiger partial charge in [-0.05, 0) is 94.4 Å². The van der Waals surface area contributed by atoms with E-state index in [0.29, 0.717) is 54.4 Å². The molecule has 3 aromatic heterocycles. The predicted octanol–water partition coefficient (Wildman–Crippen LogP) is 10.3. The number of pyridine rings is 1. The van der Waals surface area contributed by atoms with Crippen molar-refractivity contribution in [3.63, 3.8) is 0 Å². The molecular formula is C48H46F8N8O6S2. The number of unbranched alkanes of at least 4 members (excludes halogenated alkanes) is 1. The first-order valence-corrected chi connectivity index (χ1v) is 23.6. The highest BCUT2D eigenvalue weighted by molar-refractivity contribution is 7.81. The number of carbonyl (C=O) groups excluding carboxylic acids is 3. The van der Waals surface area contributed by atoms with Gasteiger partial charge in [0.15, 0.2) is 16.7 Å². The Balaban J connectivity index is 0.938. The minimum atomic E-state index is -5.33. The average molecular weight is 1050 g/mol. The number of alkyl halides is 6. The second-order valence-electron chi connectivity index (χ2n) is 18.5. The number of benzene rings is 2. The Morgan fingerprint density at radius 3 is 2.40 bits per heavy atom. The molecule has 24 heteroatoms. The molecule has 2 atom stereocenters. The fourth-order valence-electron chi connectivity index (χ4n) is 8.41. The smallest absolute Gasteiger partial charge is 0.420 e. The molecule has 0 aliphatic carbocycles. The van der Waals surface area contributed by atoms with Crippen molar-refractivity contribution in [2.45, 2.75) is 97.2 Å². The van der Waals surface area contributed by atoms with Crippen LogP contribution in [0.25, 0.3) is 21.8 Å². The van der Waals surface area contributed by atoms with E-state index in [-0.39, 0.29) is 37.2 Å². The summed E-state index contributed by atoms with van der Waals surface area (Å²) in [6.45, 7) is 9.98. The van der Waals surface area contributed by atoms with Gasteiger partial charge in [-0.25, -0.2) is 18.7 Å². The molecule has 2 fully saturated rings. The van der Waals surface area contributed by atoms with Crippen LogP contribution in [-0.2, 0) is 31.5 Å². The molecule has 2 aliphatic heterocycles. The Bertz CT molecular complexity index is 2950. The minimum Gasteiger partial charge on any atom is -0.494 e. The van der Waals surface area contributed by atoms with Crippen LogP contribution in [0.4, 0.5) is 46.5 Å². The van der Waals surface area contributed by atoms with Gasteiger partial charge in [0.05, 0.1) is 57.5 Å². The summed E-state index contributed by atoms with van der Waals surface area (Å²) in [6.07, 6.45) is -5.92. The number of thiazole rings is 1. The number of thiocarbonyl (C=S) groups is 1. The van der Waals surface area contributed by atoms with E-state index in [2.05, 4.69) is 20.3 Å². The number of aromatic nitrogens is 3. The van der Waals surface area contributed by atoms with Crippen LogP contribution in [0.3, 0.4) is 0 Å². The zero-order chi connectivity index (χ0) is 52.7. The SMILES string of the molecule is Cc1ncsc1-c1coc(C2CCCN2C(=O)C(NC(=O)COCCCCOc2ccc(-c3ncc(N4C(=S)N(c5ccc(C#N)c(C(F)(F)F)c5F)C(=O)C4(C)C)cc3F)c(C(F)(F)F)c2)C(C)(C)C)n1. The van der Waals surface area contributed by atoms with Crippen molar-refractivity contribution < 1.29 is 63.4 Å². The van der Waals surface area contributed by atoms with E-state index >= 15 is 8.78 Å². The summed E-state index contributed by atoms with van der Waals surface area (Å²) < 4.78 is 133. The van der Waals surface area contributed by atoms with Crippen molar-refractivity contribution in [3.05, 3.63) is 94.3 Å². The molecule has 0 saturated carbocycles. The molecule has 72 heavy (non-hydrogen) atoms. The largest absolute Gasteiger partial charge is 0.494 e. The van der Waals surface area contributed by atoms with E-state index in [1.165, 1.54) is 37.3 Å². The lowest BCUT2D eigenvalue weighted by Crippen LogP contribution is -2.55. The molecule has 2 aliphatic rings. The maximum absolute atomic E-state index is 15.9. The standard InChI is InChI=1S/C48H46F8N8O6S2/c1-25-39(72-24-59-25)32-22-70-41(60-32)34-10-9-15-62(34)42(66)40(45(2,3)4)61-35(65)23-68-16-7-8-17-69-28-12-13-29(30(19-28)47(51,52)53)38-31(49)18-27(21-58-38)64-44(71)63(43(67)46(64,5)6)33-14-11-26(20-57)36(37(33)50)48(54,55)56/h11-14,18-19,21-22,24,34,40H,7-10,15-17,23H2,1-6H3,(H,61,65). The summed E-state index contributed by atoms with van der Waals surface area (Å²) in [5.41, 5.74) is -6.23. The van der Waals surface area contributed by atoms with Crippen molar-refractivity contribution in [1.82, 2.24) is 25.2 Å². The highest BCUT2D eigenvalue weighted by Gasteiger charge is 2.52. The number of nitrogens with zero attached hydrogens (tertiary/aromatic N) is 7. The Morgan fingerprint density at radius 2 is 1.76 bits per heavy atom. The van der Waals surface area contributed by atoms with Crippen molar-refractivity contribution in [2.24, 2.45) is 5.41 Å². The molecule has 3 amide bonds. The van der Waals surface area contributed by atoms with Gasteiger partial charge < -0.3 is 29.0 Å². The van der Waals surface area contributed by atoms with E-state index in [0.717, 1.165) is 46.3 Å². The number of likely N-dealkylation sites (tertiary alicyclic amines) is 1. The third kappa shape index (κ3) is 10.8. The third-order valence-electron chi connectivity index (χ3n) is 12.0. The molecule has 14 nitrogen and oxygen atoms in total. The van der Waals surface area contributed by atoms with Gasteiger partial charge >= 0.3 is 12.4 Å². The lowest BCUT2D eigenvalue weighted by atomic mass is 9.85. The summed E-state index contributed by atoms with van der Waals surface area (Å²) in [6, 6.07) is 4.91. The van der Waals surface area contributed by atoms with Gasteiger partial charge in [0.2, 0.25) is 17.7 Å². The first-order valence-electron chi connectivity index (χ1n) is 22.3. The Labute approximate surface area is 416 Å². The molecule has 0 spiro atoms. The van der Waals surface area contributed by atoms with Gasteiger partial charge in [0.25, 0.3) is 5.91 Å². The zero-order valence-corrected chi connectivity index (χ0v) is 41.1. The lowest BCUT2D eigenvalue weighted by Gasteiger charge is -2.35. The summed E-state index contributed by atoms with van der Waals surface area (Å²) in [5.74, 6) is -4.90. The van der Waals surface area contributed by atoms with Crippen LogP contribution in [0.2, 0.25) is 0 Å². The predicted molar refractivity (Wildman–Crippen MR) is 250 cm³/mol. The molecule has 0 radical (unpaired) electrons. The Morgan fingerprint density at radius 1 is 1.04 bits per heavy atom. The number of nitrogens with one attached hydrogen (secondary N) is 1. The topological polar surface area (TPSA) is 167 Å². The van der Waals surface area contributed by atoms with Crippen LogP contribution in [0.1, 0.15) is 94.6 Å². The molecular weight excluding hydrogens is 1000 g/mol. The van der Waals surface area contributed by atoms with Crippen LogP contribution in [0.15, 0.2) is 58.8 Å². The summed E-state index contributed by atoms with van der Waals surface area (Å²) in [4.78, 5) is 57.5. The highest BCUT2D eigenvalue weighted by Crippen LogP contribution is 2.44. The second kappa shape index (κ2) is 20.5. The molecule has 5 aromatic rings. The van der Waals surface area contributed by atoms with Crippen LogP contribution in [-0.4, -0.2) is 80.6 Å². The van der Waals surface area contributed by atoms with E-state index in [4.69, 9.17) is 31.4 Å². The van der Waals surface area contributed by atoms with E-state index in [9.17, 15) is 40.7 Å². The molecule has 1 N–H and O–H groups in total. The van der Waals surface area contributed by atoms with Crippen LogP contribution >= 0.6 is 23.6 Å². The van der Waals surface area contributed by atoms with Crippen LogP contribution in [0.5, 0.6) is 5.75 Å². The monoisotopic (exact) mass is 1050 g/mol. The van der Waals surface area contributed by atoms with Crippen LogP contribution in [0, 0.1) is 35.3 Å². The number of oxazole rings is 1. The first-order chi connectivity index (χ1) is 33.7. The van der Waals surface area contributed by atoms with Crippen molar-refractivity contribution in [2.75, 3.05) is 36.2 Å². The number of nitriles is 1. The molecule has 382 valence electrons. The van der Waals surface area contributed by atoms with Gasteiger partial charge in [-0.3, -0.25) is 24.3 Å².